The van der Waals surface area contributed by atoms with Gasteiger partial charge in [0, 0.05) is 11.0 Å². The zero-order valence-corrected chi connectivity index (χ0v) is 18.4. The second-order valence-electron chi connectivity index (χ2n) is 7.49. The van der Waals surface area contributed by atoms with Crippen LogP contribution in [0, 0.1) is 17.2 Å². The SMILES string of the molecule is CCN(CCCC(C#N)(c1ccccc1Br)C(C)C)CCc1ccccc1. The molecule has 0 N–H and O–H groups in total. The Labute approximate surface area is 173 Å². The van der Waals surface area contributed by atoms with Crippen LogP contribution in [0.25, 0.3) is 0 Å². The maximum absolute atomic E-state index is 10.1. The quantitative estimate of drug-likeness (QED) is 0.451. The fraction of sp³-hybridized carbons (Fsp3) is 0.458. The van der Waals surface area contributed by atoms with E-state index in [1.54, 1.807) is 0 Å². The Hall–Kier alpha value is -1.63. The standard InChI is InChI=1S/C24H31BrN2/c1-4-27(18-15-21-11-6-5-7-12-21)17-10-16-24(19-26,20(2)3)22-13-8-9-14-23(22)25/h5-9,11-14,20H,4,10,15-18H2,1-3H3. The van der Waals surface area contributed by atoms with E-state index in [2.05, 4.69) is 84.1 Å². The van der Waals surface area contributed by atoms with E-state index in [-0.39, 0.29) is 5.92 Å². The smallest absolute Gasteiger partial charge is 0.0856 e. The van der Waals surface area contributed by atoms with Gasteiger partial charge in [0.2, 0.25) is 0 Å². The first-order valence-corrected chi connectivity index (χ1v) is 10.7. The van der Waals surface area contributed by atoms with Crippen LogP contribution >= 0.6 is 15.9 Å². The Balaban J connectivity index is 2.00. The van der Waals surface area contributed by atoms with Crippen molar-refractivity contribution in [3.63, 3.8) is 0 Å². The van der Waals surface area contributed by atoms with Gasteiger partial charge in [-0.3, -0.25) is 0 Å². The number of likely N-dealkylation sites (N-methyl/N-ethyl adjacent to an activating group) is 1. The molecule has 0 aromatic heterocycles. The molecule has 0 radical (unpaired) electrons. The highest BCUT2D eigenvalue weighted by molar-refractivity contribution is 9.10. The van der Waals surface area contributed by atoms with E-state index < -0.39 is 5.41 Å². The summed E-state index contributed by atoms with van der Waals surface area (Å²) in [6.45, 7) is 9.69. The fourth-order valence-corrected chi connectivity index (χ4v) is 4.38. The van der Waals surface area contributed by atoms with Crippen molar-refractivity contribution in [2.45, 2.75) is 45.4 Å². The molecule has 0 fully saturated rings. The lowest BCUT2D eigenvalue weighted by Gasteiger charge is -2.33. The van der Waals surface area contributed by atoms with Gasteiger partial charge in [0.25, 0.3) is 0 Å². The number of halogens is 1. The van der Waals surface area contributed by atoms with E-state index in [0.29, 0.717) is 0 Å². The highest BCUT2D eigenvalue weighted by Gasteiger charge is 2.37. The maximum Gasteiger partial charge on any atom is 0.0856 e. The Morgan fingerprint density at radius 3 is 2.30 bits per heavy atom. The van der Waals surface area contributed by atoms with Crippen molar-refractivity contribution >= 4 is 15.9 Å². The van der Waals surface area contributed by atoms with Gasteiger partial charge < -0.3 is 4.90 Å². The van der Waals surface area contributed by atoms with E-state index in [1.807, 2.05) is 18.2 Å². The minimum atomic E-state index is -0.446. The van der Waals surface area contributed by atoms with Crippen molar-refractivity contribution in [1.29, 1.82) is 5.26 Å². The Kier molecular flexibility index (Phi) is 8.54. The second-order valence-corrected chi connectivity index (χ2v) is 8.35. The summed E-state index contributed by atoms with van der Waals surface area (Å²) in [4.78, 5) is 2.50. The lowest BCUT2D eigenvalue weighted by Crippen LogP contribution is -2.33. The molecule has 0 spiro atoms. The first kappa shape index (κ1) is 21.7. The third-order valence-electron chi connectivity index (χ3n) is 5.59. The van der Waals surface area contributed by atoms with E-state index in [0.717, 1.165) is 48.9 Å². The lowest BCUT2D eigenvalue weighted by molar-refractivity contribution is 0.264. The highest BCUT2D eigenvalue weighted by atomic mass is 79.9. The molecular formula is C24H31BrN2. The number of hydrogen-bond acceptors (Lipinski definition) is 2. The molecule has 0 aliphatic rings. The van der Waals surface area contributed by atoms with Gasteiger partial charge in [-0.15, -0.1) is 0 Å². The van der Waals surface area contributed by atoms with Crippen molar-refractivity contribution in [3.05, 3.63) is 70.2 Å². The molecule has 27 heavy (non-hydrogen) atoms. The number of nitriles is 1. The van der Waals surface area contributed by atoms with Crippen LogP contribution in [0.2, 0.25) is 0 Å². The molecule has 0 amide bonds. The van der Waals surface area contributed by atoms with Crippen LogP contribution in [0.5, 0.6) is 0 Å². The topological polar surface area (TPSA) is 27.0 Å². The van der Waals surface area contributed by atoms with Crippen molar-refractivity contribution in [1.82, 2.24) is 4.90 Å². The molecule has 0 saturated heterocycles. The normalized spacial score (nSPS) is 13.5. The summed E-state index contributed by atoms with van der Waals surface area (Å²) < 4.78 is 1.04. The molecule has 0 saturated carbocycles. The van der Waals surface area contributed by atoms with Crippen LogP contribution in [-0.4, -0.2) is 24.5 Å². The summed E-state index contributed by atoms with van der Waals surface area (Å²) >= 11 is 3.66. The molecule has 144 valence electrons. The minimum Gasteiger partial charge on any atom is -0.303 e. The molecule has 2 aromatic carbocycles. The monoisotopic (exact) mass is 426 g/mol. The molecule has 1 unspecified atom stereocenters. The van der Waals surface area contributed by atoms with E-state index >= 15 is 0 Å². The Morgan fingerprint density at radius 2 is 1.70 bits per heavy atom. The van der Waals surface area contributed by atoms with Gasteiger partial charge in [0.1, 0.15) is 0 Å². The molecule has 0 aliphatic carbocycles. The predicted octanol–water partition coefficient (Wildman–Crippen LogP) is 6.21. The van der Waals surface area contributed by atoms with Gasteiger partial charge in [-0.25, -0.2) is 0 Å². The predicted molar refractivity (Wildman–Crippen MR) is 118 cm³/mol. The average Bonchev–Trinajstić information content (AvgIpc) is 2.69. The van der Waals surface area contributed by atoms with Crippen molar-refractivity contribution in [2.24, 2.45) is 5.92 Å². The zero-order valence-electron chi connectivity index (χ0n) is 16.8. The largest absolute Gasteiger partial charge is 0.303 e. The summed E-state index contributed by atoms with van der Waals surface area (Å²) in [7, 11) is 0. The molecule has 1 atom stereocenters. The molecule has 3 heteroatoms. The van der Waals surface area contributed by atoms with Crippen molar-refractivity contribution in [3.8, 4) is 6.07 Å². The summed E-state index contributed by atoms with van der Waals surface area (Å²) in [5, 5.41) is 10.1. The third-order valence-corrected chi connectivity index (χ3v) is 6.28. The van der Waals surface area contributed by atoms with Crippen LogP contribution in [0.15, 0.2) is 59.1 Å². The van der Waals surface area contributed by atoms with E-state index in [4.69, 9.17) is 0 Å². The van der Waals surface area contributed by atoms with Gasteiger partial charge in [0.15, 0.2) is 0 Å². The summed E-state index contributed by atoms with van der Waals surface area (Å²) in [5.41, 5.74) is 2.06. The van der Waals surface area contributed by atoms with E-state index in [1.165, 1.54) is 5.56 Å². The van der Waals surface area contributed by atoms with Crippen LogP contribution in [-0.2, 0) is 11.8 Å². The highest BCUT2D eigenvalue weighted by Crippen LogP contribution is 2.40. The molecule has 2 rings (SSSR count). The van der Waals surface area contributed by atoms with E-state index in [9.17, 15) is 5.26 Å². The molecule has 2 nitrogen and oxygen atoms in total. The summed E-state index contributed by atoms with van der Waals surface area (Å²) in [5.74, 6) is 0.264. The molecular weight excluding hydrogens is 396 g/mol. The van der Waals surface area contributed by atoms with Crippen LogP contribution in [0.3, 0.4) is 0 Å². The summed E-state index contributed by atoms with van der Waals surface area (Å²) in [6.07, 6.45) is 2.98. The molecule has 2 aromatic rings. The number of nitrogens with zero attached hydrogens (tertiary/aromatic N) is 2. The minimum absolute atomic E-state index is 0.264. The van der Waals surface area contributed by atoms with Crippen LogP contribution in [0.4, 0.5) is 0 Å². The van der Waals surface area contributed by atoms with Crippen molar-refractivity contribution < 1.29 is 0 Å². The van der Waals surface area contributed by atoms with Crippen molar-refractivity contribution in [2.75, 3.05) is 19.6 Å². The average molecular weight is 427 g/mol. The fourth-order valence-electron chi connectivity index (χ4n) is 3.74. The van der Waals surface area contributed by atoms with Gasteiger partial charge in [0.05, 0.1) is 11.5 Å². The third kappa shape index (κ3) is 5.67. The first-order valence-electron chi connectivity index (χ1n) is 9.96. The zero-order chi connectivity index (χ0) is 19.7. The molecule has 0 bridgehead atoms. The maximum atomic E-state index is 10.1. The van der Waals surface area contributed by atoms with Gasteiger partial charge in [-0.2, -0.15) is 5.26 Å². The summed E-state index contributed by atoms with van der Waals surface area (Å²) in [6, 6.07) is 21.5. The van der Waals surface area contributed by atoms with Gasteiger partial charge >= 0.3 is 0 Å². The number of benzene rings is 2. The number of hydrogen-bond donors (Lipinski definition) is 0. The Bertz CT molecular complexity index is 736. The Morgan fingerprint density at radius 1 is 1.04 bits per heavy atom. The molecule has 0 aliphatic heterocycles. The van der Waals surface area contributed by atoms with Crippen LogP contribution in [0.1, 0.15) is 44.7 Å². The lowest BCUT2D eigenvalue weighted by atomic mass is 9.70. The second kappa shape index (κ2) is 10.6. The van der Waals surface area contributed by atoms with Gasteiger partial charge in [-0.05, 0) is 55.5 Å². The number of rotatable bonds is 10. The van der Waals surface area contributed by atoms with Gasteiger partial charge in [-0.1, -0.05) is 85.2 Å². The molecule has 0 heterocycles. The van der Waals surface area contributed by atoms with Crippen LogP contribution < -0.4 is 0 Å². The first-order chi connectivity index (χ1) is 13.0.